The summed E-state index contributed by atoms with van der Waals surface area (Å²) in [6, 6.07) is 7.44. The highest BCUT2D eigenvalue weighted by atomic mass is 32.2. The molecule has 4 rings (SSSR count). The highest BCUT2D eigenvalue weighted by molar-refractivity contribution is 7.89. The first kappa shape index (κ1) is 17.6. The number of nitrogens with one attached hydrogen (secondary N) is 1. The number of amides is 1. The Hall–Kier alpha value is -2.85. The van der Waals surface area contributed by atoms with Crippen LogP contribution in [0, 0.1) is 6.92 Å². The summed E-state index contributed by atoms with van der Waals surface area (Å²) < 4.78 is 42.8. The average Bonchev–Trinajstić information content (AvgIpc) is 3.06. The molecule has 0 unspecified atom stereocenters. The fourth-order valence-corrected chi connectivity index (χ4v) is 4.20. The van der Waals surface area contributed by atoms with Crippen molar-refractivity contribution in [3.8, 4) is 0 Å². The molecule has 0 bridgehead atoms. The summed E-state index contributed by atoms with van der Waals surface area (Å²) in [6.07, 6.45) is 3.05. The zero-order valence-electron chi connectivity index (χ0n) is 14.4. The largest absolute Gasteiger partial charge is 0.468 e. The number of furan rings is 2. The Morgan fingerprint density at radius 1 is 1.33 bits per heavy atom. The number of hydrogen-bond donors (Lipinski definition) is 1. The highest BCUT2D eigenvalue weighted by Gasteiger charge is 2.40. The molecule has 1 fully saturated rings. The maximum Gasteiger partial charge on any atom is 0.292 e. The molecule has 0 saturated heterocycles. The Morgan fingerprint density at radius 2 is 2.15 bits per heavy atom. The van der Waals surface area contributed by atoms with E-state index < -0.39 is 15.9 Å². The quantitative estimate of drug-likeness (QED) is 0.658. The molecule has 3 aromatic rings. The van der Waals surface area contributed by atoms with E-state index in [1.165, 1.54) is 28.8 Å². The van der Waals surface area contributed by atoms with Gasteiger partial charge in [-0.3, -0.25) is 4.79 Å². The van der Waals surface area contributed by atoms with Gasteiger partial charge >= 0.3 is 0 Å². The van der Waals surface area contributed by atoms with Crippen molar-refractivity contribution >= 4 is 21.7 Å². The van der Waals surface area contributed by atoms with Crippen molar-refractivity contribution < 1.29 is 26.6 Å². The molecule has 1 N–H and O–H groups in total. The van der Waals surface area contributed by atoms with Crippen LogP contribution in [0.3, 0.4) is 0 Å². The van der Waals surface area contributed by atoms with Crippen molar-refractivity contribution in [1.29, 1.82) is 0 Å². The number of aromatic nitrogens is 1. The van der Waals surface area contributed by atoms with E-state index in [-0.39, 0.29) is 29.3 Å². The number of hydrogen-bond acceptors (Lipinski definition) is 7. The summed E-state index contributed by atoms with van der Waals surface area (Å²) in [5.41, 5.74) is 0. The van der Waals surface area contributed by atoms with Gasteiger partial charge in [-0.2, -0.15) is 4.31 Å². The van der Waals surface area contributed by atoms with Crippen molar-refractivity contribution in [3.05, 3.63) is 53.9 Å². The zero-order chi connectivity index (χ0) is 19.0. The van der Waals surface area contributed by atoms with Crippen LogP contribution in [0.1, 0.15) is 34.9 Å². The van der Waals surface area contributed by atoms with E-state index in [0.717, 1.165) is 12.8 Å². The molecule has 0 spiro atoms. The molecule has 142 valence electrons. The highest BCUT2D eigenvalue weighted by Crippen LogP contribution is 2.34. The molecule has 10 heteroatoms. The lowest BCUT2D eigenvalue weighted by atomic mass is 10.4. The lowest BCUT2D eigenvalue weighted by Crippen LogP contribution is -2.32. The Balaban J connectivity index is 1.54. The summed E-state index contributed by atoms with van der Waals surface area (Å²) >= 11 is 0. The second-order valence-electron chi connectivity index (χ2n) is 6.26. The van der Waals surface area contributed by atoms with E-state index in [4.69, 9.17) is 13.4 Å². The van der Waals surface area contributed by atoms with Gasteiger partial charge in [0.15, 0.2) is 11.6 Å². The third-order valence-corrected chi connectivity index (χ3v) is 5.86. The van der Waals surface area contributed by atoms with Crippen LogP contribution < -0.4 is 5.32 Å². The smallest absolute Gasteiger partial charge is 0.292 e. The molecule has 27 heavy (non-hydrogen) atoms. The van der Waals surface area contributed by atoms with E-state index in [9.17, 15) is 13.2 Å². The van der Waals surface area contributed by atoms with Gasteiger partial charge in [-0.25, -0.2) is 8.42 Å². The molecule has 9 nitrogen and oxygen atoms in total. The zero-order valence-corrected chi connectivity index (χ0v) is 15.2. The van der Waals surface area contributed by atoms with Crippen LogP contribution in [-0.4, -0.2) is 29.8 Å². The third-order valence-electron chi connectivity index (χ3n) is 4.08. The Kier molecular flexibility index (Phi) is 4.36. The SMILES string of the molecule is Cc1cc(NC(=O)c2ccc(S(=O)(=O)N(Cc3ccco3)C3CC3)o2)no1. The molecule has 0 aliphatic heterocycles. The predicted octanol–water partition coefficient (Wildman–Crippen LogP) is 2.77. The second kappa shape index (κ2) is 6.71. The number of aryl methyl sites for hydroxylation is 1. The van der Waals surface area contributed by atoms with Crippen LogP contribution in [0.5, 0.6) is 0 Å². The van der Waals surface area contributed by atoms with Gasteiger partial charge in [0.2, 0.25) is 5.09 Å². The standard InChI is InChI=1S/C17H17N3O6S/c1-11-9-15(19-26-11)18-17(21)14-6-7-16(25-14)27(22,23)20(12-4-5-12)10-13-3-2-8-24-13/h2-3,6-9,12H,4-5,10H2,1H3,(H,18,19,21). The molecule has 1 saturated carbocycles. The molecular weight excluding hydrogens is 374 g/mol. The molecule has 3 aromatic heterocycles. The maximum atomic E-state index is 13.0. The molecular formula is C17H17N3O6S. The normalized spacial score (nSPS) is 14.6. The number of carbonyl (C=O) groups excluding carboxylic acids is 1. The predicted molar refractivity (Wildman–Crippen MR) is 92.4 cm³/mol. The van der Waals surface area contributed by atoms with Crippen LogP contribution in [0.4, 0.5) is 5.82 Å². The van der Waals surface area contributed by atoms with Gasteiger partial charge in [-0.1, -0.05) is 5.16 Å². The summed E-state index contributed by atoms with van der Waals surface area (Å²) in [4.78, 5) is 12.2. The van der Waals surface area contributed by atoms with E-state index in [1.807, 2.05) is 0 Å². The Labute approximate surface area is 155 Å². The van der Waals surface area contributed by atoms with Gasteiger partial charge < -0.3 is 18.7 Å². The summed E-state index contributed by atoms with van der Waals surface area (Å²) in [5.74, 6) is 0.537. The van der Waals surface area contributed by atoms with Gasteiger partial charge in [0.1, 0.15) is 11.5 Å². The fraction of sp³-hybridized carbons (Fsp3) is 0.294. The van der Waals surface area contributed by atoms with Crippen LogP contribution in [0.2, 0.25) is 0 Å². The van der Waals surface area contributed by atoms with E-state index in [0.29, 0.717) is 11.5 Å². The summed E-state index contributed by atoms with van der Waals surface area (Å²) in [5, 5.41) is 5.85. The first-order valence-electron chi connectivity index (χ1n) is 8.32. The number of anilines is 1. The van der Waals surface area contributed by atoms with Crippen molar-refractivity contribution in [2.24, 2.45) is 0 Å². The minimum Gasteiger partial charge on any atom is -0.468 e. The lowest BCUT2D eigenvalue weighted by molar-refractivity contribution is 0.0990. The number of nitrogens with zero attached hydrogens (tertiary/aromatic N) is 2. The minimum atomic E-state index is -3.90. The molecule has 1 amide bonds. The topological polar surface area (TPSA) is 119 Å². The van der Waals surface area contributed by atoms with Gasteiger partial charge in [0.05, 0.1) is 12.8 Å². The number of sulfonamides is 1. The van der Waals surface area contributed by atoms with Gasteiger partial charge in [0.25, 0.3) is 15.9 Å². The number of carbonyl (C=O) groups is 1. The van der Waals surface area contributed by atoms with Crippen LogP contribution in [0.15, 0.2) is 55.0 Å². The fourth-order valence-electron chi connectivity index (χ4n) is 2.63. The Bertz CT molecular complexity index is 1050. The van der Waals surface area contributed by atoms with E-state index in [1.54, 1.807) is 19.1 Å². The number of rotatable bonds is 7. The summed E-state index contributed by atoms with van der Waals surface area (Å²) in [6.45, 7) is 1.80. The van der Waals surface area contributed by atoms with Crippen molar-refractivity contribution in [1.82, 2.24) is 9.46 Å². The van der Waals surface area contributed by atoms with Gasteiger partial charge in [-0.05, 0) is 44.0 Å². The summed E-state index contributed by atoms with van der Waals surface area (Å²) in [7, 11) is -3.90. The van der Waals surface area contributed by atoms with Crippen LogP contribution in [-0.2, 0) is 16.6 Å². The van der Waals surface area contributed by atoms with Crippen molar-refractivity contribution in [3.63, 3.8) is 0 Å². The third kappa shape index (κ3) is 3.67. The van der Waals surface area contributed by atoms with E-state index in [2.05, 4.69) is 10.5 Å². The molecule has 3 heterocycles. The monoisotopic (exact) mass is 391 g/mol. The molecule has 0 aromatic carbocycles. The molecule has 0 radical (unpaired) electrons. The second-order valence-corrected chi connectivity index (χ2v) is 8.08. The Morgan fingerprint density at radius 3 is 2.78 bits per heavy atom. The lowest BCUT2D eigenvalue weighted by Gasteiger charge is -2.19. The van der Waals surface area contributed by atoms with Gasteiger partial charge in [0, 0.05) is 12.1 Å². The van der Waals surface area contributed by atoms with E-state index >= 15 is 0 Å². The maximum absolute atomic E-state index is 13.0. The first-order valence-corrected chi connectivity index (χ1v) is 9.76. The van der Waals surface area contributed by atoms with Crippen molar-refractivity contribution in [2.45, 2.75) is 37.4 Å². The van der Waals surface area contributed by atoms with Gasteiger partial charge in [-0.15, -0.1) is 0 Å². The van der Waals surface area contributed by atoms with Crippen LogP contribution >= 0.6 is 0 Å². The first-order chi connectivity index (χ1) is 12.9. The van der Waals surface area contributed by atoms with Crippen molar-refractivity contribution in [2.75, 3.05) is 5.32 Å². The molecule has 1 aliphatic rings. The molecule has 1 aliphatic carbocycles. The minimum absolute atomic E-state index is 0.0967. The average molecular weight is 391 g/mol. The van der Waals surface area contributed by atoms with Crippen LogP contribution in [0.25, 0.3) is 0 Å². The molecule has 0 atom stereocenters.